The number of fused-ring (bicyclic) bond motifs is 2. The lowest BCUT2D eigenvalue weighted by Gasteiger charge is -2.06. The normalized spacial score (nSPS) is 11.1. The van der Waals surface area contributed by atoms with Crippen molar-refractivity contribution in [2.45, 2.75) is 6.42 Å². The second-order valence-electron chi connectivity index (χ2n) is 5.20. The molecule has 0 fully saturated rings. The summed E-state index contributed by atoms with van der Waals surface area (Å²) in [4.78, 5) is 24.0. The summed E-state index contributed by atoms with van der Waals surface area (Å²) < 4.78 is 0. The smallest absolute Gasteiger partial charge is 0.258 e. The van der Waals surface area contributed by atoms with Crippen LogP contribution in [0.3, 0.4) is 0 Å². The van der Waals surface area contributed by atoms with E-state index in [9.17, 15) is 4.79 Å². The van der Waals surface area contributed by atoms with E-state index in [0.717, 1.165) is 22.0 Å². The number of aromatic amines is 1. The maximum atomic E-state index is 12.1. The summed E-state index contributed by atoms with van der Waals surface area (Å²) in [6.07, 6.45) is 2.33. The molecule has 4 aromatic rings. The number of rotatable bonds is 2. The molecule has 2 aromatic heterocycles. The van der Waals surface area contributed by atoms with Gasteiger partial charge in [-0.1, -0.05) is 36.4 Å². The van der Waals surface area contributed by atoms with Crippen molar-refractivity contribution in [2.24, 2.45) is 0 Å². The van der Waals surface area contributed by atoms with E-state index in [1.54, 1.807) is 12.3 Å². The summed E-state index contributed by atoms with van der Waals surface area (Å²) in [6.45, 7) is 0. The Hall–Kier alpha value is -3.01. The van der Waals surface area contributed by atoms with Crippen molar-refractivity contribution in [3.8, 4) is 0 Å². The average molecular weight is 287 g/mol. The van der Waals surface area contributed by atoms with Gasteiger partial charge in [0.1, 0.15) is 5.82 Å². The molecule has 2 aromatic carbocycles. The average Bonchev–Trinajstić information content (AvgIpc) is 2.55. The Balaban J connectivity index is 1.84. The second kappa shape index (κ2) is 5.07. The molecule has 106 valence electrons. The lowest BCUT2D eigenvalue weighted by Crippen LogP contribution is -2.12. The van der Waals surface area contributed by atoms with Gasteiger partial charge >= 0.3 is 0 Å². The van der Waals surface area contributed by atoms with E-state index >= 15 is 0 Å². The van der Waals surface area contributed by atoms with Gasteiger partial charge in [-0.15, -0.1) is 0 Å². The van der Waals surface area contributed by atoms with E-state index in [1.165, 1.54) is 0 Å². The highest BCUT2D eigenvalue weighted by Gasteiger charge is 2.07. The molecule has 4 heteroatoms. The quantitative estimate of drug-likeness (QED) is 0.616. The number of para-hydroxylation sites is 2. The molecule has 0 unspecified atom stereocenters. The summed E-state index contributed by atoms with van der Waals surface area (Å²) in [7, 11) is 0. The van der Waals surface area contributed by atoms with Gasteiger partial charge in [0.05, 0.1) is 16.4 Å². The van der Waals surface area contributed by atoms with E-state index in [2.05, 4.69) is 15.0 Å². The molecule has 0 amide bonds. The molecule has 4 rings (SSSR count). The molecule has 0 saturated heterocycles. The molecule has 0 spiro atoms. The van der Waals surface area contributed by atoms with Crippen molar-refractivity contribution in [2.75, 3.05) is 0 Å². The first-order chi connectivity index (χ1) is 10.8. The molecule has 0 aliphatic rings. The highest BCUT2D eigenvalue weighted by Crippen LogP contribution is 2.18. The van der Waals surface area contributed by atoms with Gasteiger partial charge in [-0.2, -0.15) is 0 Å². The van der Waals surface area contributed by atoms with E-state index < -0.39 is 0 Å². The first-order valence-corrected chi connectivity index (χ1v) is 7.12. The third kappa shape index (κ3) is 2.15. The van der Waals surface area contributed by atoms with Gasteiger partial charge in [0, 0.05) is 18.0 Å². The molecule has 0 atom stereocenters. The zero-order valence-electron chi connectivity index (χ0n) is 11.8. The summed E-state index contributed by atoms with van der Waals surface area (Å²) in [5.74, 6) is 0.654. The lowest BCUT2D eigenvalue weighted by atomic mass is 10.1. The standard InChI is InChI=1S/C18H13N3O/c22-18-14-8-1-2-9-15(14)20-16(21-18)11-13-6-3-5-12-7-4-10-19-17(12)13/h1-10H,11H2,(H,20,21,22). The Morgan fingerprint density at radius 2 is 1.82 bits per heavy atom. The van der Waals surface area contributed by atoms with Crippen LogP contribution in [0.4, 0.5) is 0 Å². The number of H-pyrrole nitrogens is 1. The summed E-state index contributed by atoms with van der Waals surface area (Å²) in [6, 6.07) is 17.4. The van der Waals surface area contributed by atoms with Gasteiger partial charge in [-0.05, 0) is 23.8 Å². The molecule has 2 heterocycles. The molecule has 4 nitrogen and oxygen atoms in total. The van der Waals surface area contributed by atoms with E-state index in [1.807, 2.05) is 48.5 Å². The van der Waals surface area contributed by atoms with Gasteiger partial charge < -0.3 is 4.98 Å². The van der Waals surface area contributed by atoms with Crippen LogP contribution >= 0.6 is 0 Å². The zero-order chi connectivity index (χ0) is 14.9. The predicted molar refractivity (Wildman–Crippen MR) is 86.9 cm³/mol. The molecule has 0 radical (unpaired) electrons. The van der Waals surface area contributed by atoms with Crippen molar-refractivity contribution in [1.29, 1.82) is 0 Å². The molecule has 0 bridgehead atoms. The Morgan fingerprint density at radius 1 is 0.955 bits per heavy atom. The van der Waals surface area contributed by atoms with Gasteiger partial charge in [0.25, 0.3) is 5.56 Å². The minimum absolute atomic E-state index is 0.103. The Kier molecular flexibility index (Phi) is 2.93. The Morgan fingerprint density at radius 3 is 2.77 bits per heavy atom. The number of hydrogen-bond acceptors (Lipinski definition) is 3. The number of aromatic nitrogens is 3. The fourth-order valence-electron chi connectivity index (χ4n) is 2.71. The molecule has 1 N–H and O–H groups in total. The van der Waals surface area contributed by atoms with Crippen molar-refractivity contribution >= 4 is 21.8 Å². The van der Waals surface area contributed by atoms with Crippen molar-refractivity contribution in [3.63, 3.8) is 0 Å². The molecule has 22 heavy (non-hydrogen) atoms. The maximum Gasteiger partial charge on any atom is 0.258 e. The SMILES string of the molecule is O=c1[nH]c(Cc2cccc3cccnc23)nc2ccccc12. The fourth-order valence-corrected chi connectivity index (χ4v) is 2.71. The first kappa shape index (κ1) is 12.7. The van der Waals surface area contributed by atoms with Crippen LogP contribution in [-0.2, 0) is 6.42 Å². The van der Waals surface area contributed by atoms with Gasteiger partial charge in [-0.3, -0.25) is 9.78 Å². The van der Waals surface area contributed by atoms with Crippen LogP contribution < -0.4 is 5.56 Å². The molecular formula is C18H13N3O. The summed E-state index contributed by atoms with van der Waals surface area (Å²) in [5.41, 5.74) is 2.61. The first-order valence-electron chi connectivity index (χ1n) is 7.12. The van der Waals surface area contributed by atoms with Crippen LogP contribution in [-0.4, -0.2) is 15.0 Å². The lowest BCUT2D eigenvalue weighted by molar-refractivity contribution is 0.976. The highest BCUT2D eigenvalue weighted by atomic mass is 16.1. The van der Waals surface area contributed by atoms with Crippen LogP contribution in [0.5, 0.6) is 0 Å². The van der Waals surface area contributed by atoms with Crippen molar-refractivity contribution < 1.29 is 0 Å². The monoisotopic (exact) mass is 287 g/mol. The zero-order valence-corrected chi connectivity index (χ0v) is 11.8. The number of pyridine rings is 1. The summed E-state index contributed by atoms with van der Waals surface area (Å²) >= 11 is 0. The van der Waals surface area contributed by atoms with Gasteiger partial charge in [0.2, 0.25) is 0 Å². The molecule has 0 aliphatic heterocycles. The van der Waals surface area contributed by atoms with Crippen LogP contribution in [0.1, 0.15) is 11.4 Å². The molecule has 0 aliphatic carbocycles. The number of nitrogens with zero attached hydrogens (tertiary/aromatic N) is 2. The van der Waals surface area contributed by atoms with Crippen molar-refractivity contribution in [3.05, 3.63) is 82.5 Å². The van der Waals surface area contributed by atoms with Crippen LogP contribution in [0, 0.1) is 0 Å². The number of nitrogens with one attached hydrogen (secondary N) is 1. The third-order valence-electron chi connectivity index (χ3n) is 3.74. The third-order valence-corrected chi connectivity index (χ3v) is 3.74. The second-order valence-corrected chi connectivity index (χ2v) is 5.20. The summed E-state index contributed by atoms with van der Waals surface area (Å²) in [5, 5.41) is 1.70. The van der Waals surface area contributed by atoms with Crippen LogP contribution in [0.15, 0.2) is 65.6 Å². The topological polar surface area (TPSA) is 58.6 Å². The highest BCUT2D eigenvalue weighted by molar-refractivity contribution is 5.82. The van der Waals surface area contributed by atoms with E-state index in [4.69, 9.17) is 0 Å². The van der Waals surface area contributed by atoms with Gasteiger partial charge in [-0.25, -0.2) is 4.98 Å². The van der Waals surface area contributed by atoms with E-state index in [0.29, 0.717) is 17.6 Å². The number of benzene rings is 2. The van der Waals surface area contributed by atoms with Crippen LogP contribution in [0.25, 0.3) is 21.8 Å². The Bertz CT molecular complexity index is 1030. The number of hydrogen-bond donors (Lipinski definition) is 1. The minimum Gasteiger partial charge on any atom is -0.310 e. The Labute approximate surface area is 126 Å². The molecular weight excluding hydrogens is 274 g/mol. The predicted octanol–water partition coefficient (Wildman–Crippen LogP) is 3.06. The minimum atomic E-state index is -0.103. The van der Waals surface area contributed by atoms with E-state index in [-0.39, 0.29) is 5.56 Å². The molecule has 0 saturated carbocycles. The van der Waals surface area contributed by atoms with Crippen LogP contribution in [0.2, 0.25) is 0 Å². The largest absolute Gasteiger partial charge is 0.310 e. The maximum absolute atomic E-state index is 12.1. The van der Waals surface area contributed by atoms with Gasteiger partial charge in [0.15, 0.2) is 0 Å². The fraction of sp³-hybridized carbons (Fsp3) is 0.0556. The van der Waals surface area contributed by atoms with Crippen molar-refractivity contribution in [1.82, 2.24) is 15.0 Å².